The van der Waals surface area contributed by atoms with E-state index in [9.17, 15) is 9.18 Å². The first-order valence-electron chi connectivity index (χ1n) is 6.76. The molecule has 0 fully saturated rings. The molecular formula is C17H15BrFNO. The number of nitrogens with zero attached hydrogens (tertiary/aromatic N) is 1. The van der Waals surface area contributed by atoms with Crippen LogP contribution in [0.4, 0.5) is 10.1 Å². The number of rotatable bonds is 2. The molecule has 1 aliphatic rings. The molecule has 0 bridgehead atoms. The molecule has 0 unspecified atom stereocenters. The van der Waals surface area contributed by atoms with Gasteiger partial charge >= 0.3 is 0 Å². The third-order valence-corrected chi connectivity index (χ3v) is 4.58. The Morgan fingerprint density at radius 1 is 1.19 bits per heavy atom. The van der Waals surface area contributed by atoms with E-state index in [2.05, 4.69) is 15.9 Å². The second kappa shape index (κ2) is 4.95. The quantitative estimate of drug-likeness (QED) is 0.787. The van der Waals surface area contributed by atoms with Crippen LogP contribution in [0.25, 0.3) is 0 Å². The average Bonchev–Trinajstić information content (AvgIpc) is 2.65. The van der Waals surface area contributed by atoms with Gasteiger partial charge in [-0.3, -0.25) is 4.79 Å². The Morgan fingerprint density at radius 3 is 2.62 bits per heavy atom. The Bertz CT molecular complexity index is 726. The minimum atomic E-state index is -0.520. The summed E-state index contributed by atoms with van der Waals surface area (Å²) in [5.74, 6) is -0.226. The Balaban J connectivity index is 1.99. The molecule has 0 aliphatic carbocycles. The zero-order valence-electron chi connectivity index (χ0n) is 11.9. The second-order valence-corrected chi connectivity index (χ2v) is 6.64. The largest absolute Gasteiger partial charge is 0.307 e. The SMILES string of the molecule is CC1(C)C(=O)N(Cc2ccc(F)c(Br)c2)c2ccccc21. The number of hydrogen-bond acceptors (Lipinski definition) is 1. The van der Waals surface area contributed by atoms with Crippen LogP contribution in [0.2, 0.25) is 0 Å². The van der Waals surface area contributed by atoms with Crippen molar-refractivity contribution in [2.45, 2.75) is 25.8 Å². The number of para-hydroxylation sites is 1. The first-order chi connectivity index (χ1) is 9.91. The van der Waals surface area contributed by atoms with Crippen LogP contribution in [0.5, 0.6) is 0 Å². The Labute approximate surface area is 131 Å². The molecule has 2 nitrogen and oxygen atoms in total. The number of carbonyl (C=O) groups excluding carboxylic acids is 1. The third-order valence-electron chi connectivity index (χ3n) is 3.97. The highest BCUT2D eigenvalue weighted by Crippen LogP contribution is 2.42. The number of fused-ring (bicyclic) bond motifs is 1. The van der Waals surface area contributed by atoms with Crippen LogP contribution >= 0.6 is 15.9 Å². The summed E-state index contributed by atoms with van der Waals surface area (Å²) in [6.07, 6.45) is 0. The van der Waals surface area contributed by atoms with Gasteiger partial charge in [-0.15, -0.1) is 0 Å². The van der Waals surface area contributed by atoms with Crippen molar-refractivity contribution in [3.63, 3.8) is 0 Å². The molecule has 0 saturated heterocycles. The van der Waals surface area contributed by atoms with Gasteiger partial charge in [-0.2, -0.15) is 0 Å². The molecule has 3 rings (SSSR count). The number of carbonyl (C=O) groups is 1. The van der Waals surface area contributed by atoms with Crippen molar-refractivity contribution in [2.24, 2.45) is 0 Å². The van der Waals surface area contributed by atoms with E-state index in [-0.39, 0.29) is 11.7 Å². The first kappa shape index (κ1) is 14.3. The van der Waals surface area contributed by atoms with Crippen LogP contribution in [0.1, 0.15) is 25.0 Å². The molecule has 21 heavy (non-hydrogen) atoms. The zero-order chi connectivity index (χ0) is 15.2. The molecule has 1 aliphatic heterocycles. The lowest BCUT2D eigenvalue weighted by Gasteiger charge is -2.20. The summed E-state index contributed by atoms with van der Waals surface area (Å²) in [5, 5.41) is 0. The Kier molecular flexibility index (Phi) is 3.36. The lowest BCUT2D eigenvalue weighted by molar-refractivity contribution is -0.122. The summed E-state index contributed by atoms with van der Waals surface area (Å²) in [4.78, 5) is 14.5. The normalized spacial score (nSPS) is 16.2. The van der Waals surface area contributed by atoms with Crippen LogP contribution in [0.3, 0.4) is 0 Å². The molecule has 0 spiro atoms. The Morgan fingerprint density at radius 2 is 1.90 bits per heavy atom. The van der Waals surface area contributed by atoms with E-state index in [1.807, 2.05) is 38.1 Å². The van der Waals surface area contributed by atoms with Gasteiger partial charge in [0.15, 0.2) is 0 Å². The number of halogens is 2. The molecule has 0 aromatic heterocycles. The van der Waals surface area contributed by atoms with Crippen molar-refractivity contribution in [1.29, 1.82) is 0 Å². The van der Waals surface area contributed by atoms with Crippen LogP contribution in [-0.2, 0) is 16.8 Å². The highest BCUT2D eigenvalue weighted by atomic mass is 79.9. The lowest BCUT2D eigenvalue weighted by atomic mass is 9.86. The number of anilines is 1. The number of hydrogen-bond donors (Lipinski definition) is 0. The minimum absolute atomic E-state index is 0.0733. The van der Waals surface area contributed by atoms with Gasteiger partial charge in [-0.1, -0.05) is 24.3 Å². The molecule has 0 atom stereocenters. The first-order valence-corrected chi connectivity index (χ1v) is 7.56. The summed E-state index contributed by atoms with van der Waals surface area (Å²) >= 11 is 3.19. The van der Waals surface area contributed by atoms with Crippen molar-refractivity contribution in [1.82, 2.24) is 0 Å². The van der Waals surface area contributed by atoms with Gasteiger partial charge in [0.2, 0.25) is 5.91 Å². The van der Waals surface area contributed by atoms with Gasteiger partial charge < -0.3 is 4.90 Å². The molecule has 2 aromatic rings. The smallest absolute Gasteiger partial charge is 0.237 e. The molecule has 0 saturated carbocycles. The minimum Gasteiger partial charge on any atom is -0.307 e. The highest BCUT2D eigenvalue weighted by Gasteiger charge is 2.43. The van der Waals surface area contributed by atoms with E-state index >= 15 is 0 Å². The van der Waals surface area contributed by atoms with Crippen LogP contribution in [-0.4, -0.2) is 5.91 Å². The fraction of sp³-hybridized carbons (Fsp3) is 0.235. The van der Waals surface area contributed by atoms with E-state index in [0.717, 1.165) is 16.8 Å². The molecule has 0 radical (unpaired) electrons. The highest BCUT2D eigenvalue weighted by molar-refractivity contribution is 9.10. The van der Waals surface area contributed by atoms with Gasteiger partial charge in [0.25, 0.3) is 0 Å². The summed E-state index contributed by atoms with van der Waals surface area (Å²) < 4.78 is 13.7. The summed E-state index contributed by atoms with van der Waals surface area (Å²) in [7, 11) is 0. The summed E-state index contributed by atoms with van der Waals surface area (Å²) in [5.41, 5.74) is 2.35. The second-order valence-electron chi connectivity index (χ2n) is 5.78. The predicted molar refractivity (Wildman–Crippen MR) is 84.8 cm³/mol. The summed E-state index contributed by atoms with van der Waals surface area (Å²) in [6, 6.07) is 12.7. The monoisotopic (exact) mass is 347 g/mol. The molecule has 0 N–H and O–H groups in total. The fourth-order valence-corrected chi connectivity index (χ4v) is 3.20. The standard InChI is InChI=1S/C17H15BrFNO/c1-17(2)12-5-3-4-6-15(12)20(16(17)21)10-11-7-8-14(19)13(18)9-11/h3-9H,10H2,1-2H3. The lowest BCUT2D eigenvalue weighted by Crippen LogP contribution is -2.35. The van der Waals surface area contributed by atoms with Crippen molar-refractivity contribution < 1.29 is 9.18 Å². The van der Waals surface area contributed by atoms with Gasteiger partial charge in [0.05, 0.1) is 16.4 Å². The maximum Gasteiger partial charge on any atom is 0.237 e. The van der Waals surface area contributed by atoms with Crippen LogP contribution in [0, 0.1) is 5.82 Å². The van der Waals surface area contributed by atoms with E-state index in [0.29, 0.717) is 11.0 Å². The van der Waals surface area contributed by atoms with Crippen LogP contribution < -0.4 is 4.90 Å². The van der Waals surface area contributed by atoms with E-state index in [4.69, 9.17) is 0 Å². The van der Waals surface area contributed by atoms with E-state index in [1.165, 1.54) is 6.07 Å². The van der Waals surface area contributed by atoms with Crippen LogP contribution in [0.15, 0.2) is 46.9 Å². The van der Waals surface area contributed by atoms with E-state index in [1.54, 1.807) is 17.0 Å². The topological polar surface area (TPSA) is 20.3 Å². The Hall–Kier alpha value is -1.68. The maximum absolute atomic E-state index is 13.3. The number of amides is 1. The molecule has 1 heterocycles. The van der Waals surface area contributed by atoms with Gasteiger partial charge in [0.1, 0.15) is 5.82 Å². The van der Waals surface area contributed by atoms with Crippen molar-refractivity contribution in [3.8, 4) is 0 Å². The van der Waals surface area contributed by atoms with Crippen molar-refractivity contribution >= 4 is 27.5 Å². The molecule has 1 amide bonds. The predicted octanol–water partition coefficient (Wildman–Crippen LogP) is 4.41. The molecule has 2 aromatic carbocycles. The van der Waals surface area contributed by atoms with Gasteiger partial charge in [-0.05, 0) is 59.1 Å². The van der Waals surface area contributed by atoms with Gasteiger partial charge in [-0.25, -0.2) is 4.39 Å². The van der Waals surface area contributed by atoms with Crippen molar-refractivity contribution in [2.75, 3.05) is 4.90 Å². The number of benzene rings is 2. The van der Waals surface area contributed by atoms with Crippen molar-refractivity contribution in [3.05, 3.63) is 63.9 Å². The van der Waals surface area contributed by atoms with Gasteiger partial charge in [0, 0.05) is 5.69 Å². The fourth-order valence-electron chi connectivity index (χ4n) is 2.78. The third kappa shape index (κ3) is 2.27. The zero-order valence-corrected chi connectivity index (χ0v) is 13.4. The molecule has 108 valence electrons. The molecule has 4 heteroatoms. The summed E-state index contributed by atoms with van der Waals surface area (Å²) in [6.45, 7) is 4.32. The molecular weight excluding hydrogens is 333 g/mol. The average molecular weight is 348 g/mol. The maximum atomic E-state index is 13.3. The van der Waals surface area contributed by atoms with E-state index < -0.39 is 5.41 Å².